The minimum absolute atomic E-state index is 0.0115. The van der Waals surface area contributed by atoms with E-state index >= 15 is 0 Å². The van der Waals surface area contributed by atoms with E-state index in [1.165, 1.54) is 11.1 Å². The van der Waals surface area contributed by atoms with Crippen molar-refractivity contribution < 1.29 is 14.5 Å². The first-order valence-corrected chi connectivity index (χ1v) is 17.7. The molecule has 3 N–H and O–H groups in total. The Morgan fingerprint density at radius 1 is 0.762 bits per heavy atom. The topological polar surface area (TPSA) is 88.7 Å². The summed E-state index contributed by atoms with van der Waals surface area (Å²) in [5.41, 5.74) is 2.93. The van der Waals surface area contributed by atoms with Crippen LogP contribution in [0.1, 0.15) is 76.5 Å². The van der Waals surface area contributed by atoms with E-state index in [2.05, 4.69) is 72.0 Å². The number of hydrogen-bond acceptors (Lipinski definition) is 6. The van der Waals surface area contributed by atoms with Crippen LogP contribution in [-0.2, 0) is 5.54 Å². The molecule has 0 saturated heterocycles. The van der Waals surface area contributed by atoms with E-state index in [1.807, 2.05) is 56.6 Å². The summed E-state index contributed by atoms with van der Waals surface area (Å²) < 4.78 is 7.33. The molecular weight excluding hydrogens is 541 g/mol. The van der Waals surface area contributed by atoms with E-state index in [4.69, 9.17) is 4.74 Å². The average molecular weight is 592 g/mol. The van der Waals surface area contributed by atoms with Crippen LogP contribution in [0.2, 0.25) is 0 Å². The Morgan fingerprint density at radius 3 is 1.74 bits per heavy atom. The van der Waals surface area contributed by atoms with Crippen molar-refractivity contribution in [3.63, 3.8) is 0 Å². The number of unbranched alkanes of at least 4 members (excludes halogenated alkanes) is 3. The van der Waals surface area contributed by atoms with Gasteiger partial charge in [-0.25, -0.2) is 0 Å². The van der Waals surface area contributed by atoms with Gasteiger partial charge < -0.3 is 4.74 Å². The molecule has 0 heterocycles. The summed E-state index contributed by atoms with van der Waals surface area (Å²) in [5.74, 6) is 0.821. The van der Waals surface area contributed by atoms with Gasteiger partial charge in [0.25, 0.3) is 0 Å². The summed E-state index contributed by atoms with van der Waals surface area (Å²) in [7, 11) is -2.49. The number of methoxy groups -OCH3 is 1. The van der Waals surface area contributed by atoms with E-state index in [-0.39, 0.29) is 24.7 Å². The van der Waals surface area contributed by atoms with Crippen LogP contribution in [0.5, 0.6) is 5.75 Å². The van der Waals surface area contributed by atoms with Crippen LogP contribution in [0.25, 0.3) is 0 Å². The first-order chi connectivity index (χ1) is 20.1. The van der Waals surface area contributed by atoms with Gasteiger partial charge in [0.2, 0.25) is 0 Å². The van der Waals surface area contributed by atoms with Gasteiger partial charge in [-0.3, -0.25) is 0 Å². The van der Waals surface area contributed by atoms with Crippen molar-refractivity contribution >= 4 is 7.21 Å². The SMILES string of the molecule is COc1ccc(C(NCCCCCCP(O)(O)(CCC#N)N(C(C)C)C(C)C)(c2ccccc2)c2ccccc2)cc1. The van der Waals surface area contributed by atoms with Crippen molar-refractivity contribution in [1.82, 2.24) is 9.99 Å². The fraction of sp³-hybridized carbons (Fsp3) is 0.457. The van der Waals surface area contributed by atoms with Crippen molar-refractivity contribution in [2.24, 2.45) is 0 Å². The molecular formula is C35H50N3O3P. The van der Waals surface area contributed by atoms with E-state index in [0.29, 0.717) is 12.6 Å². The second-order valence-electron chi connectivity index (χ2n) is 11.8. The fourth-order valence-corrected chi connectivity index (χ4v) is 10.7. The molecule has 6 nitrogen and oxygen atoms in total. The Hall–Kier alpha value is -2.78. The van der Waals surface area contributed by atoms with Crippen LogP contribution in [-0.4, -0.2) is 52.5 Å². The maximum atomic E-state index is 11.8. The number of hydrogen-bond donors (Lipinski definition) is 3. The first kappa shape index (κ1) is 33.7. The zero-order chi connectivity index (χ0) is 30.7. The van der Waals surface area contributed by atoms with Gasteiger partial charge in [0, 0.05) is 0 Å². The quantitative estimate of drug-likeness (QED) is 0.0858. The molecule has 0 bridgehead atoms. The Kier molecular flexibility index (Phi) is 12.1. The number of nitrogens with one attached hydrogen (secondary N) is 1. The van der Waals surface area contributed by atoms with Crippen LogP contribution < -0.4 is 10.1 Å². The molecule has 0 saturated carbocycles. The molecule has 0 fully saturated rings. The van der Waals surface area contributed by atoms with Crippen molar-refractivity contribution in [2.45, 2.75) is 77.4 Å². The third kappa shape index (κ3) is 7.98. The zero-order valence-electron chi connectivity index (χ0n) is 26.0. The second-order valence-corrected chi connectivity index (χ2v) is 15.9. The van der Waals surface area contributed by atoms with E-state index in [0.717, 1.165) is 37.1 Å². The molecule has 7 heteroatoms. The third-order valence-corrected chi connectivity index (χ3v) is 12.5. The van der Waals surface area contributed by atoms with Gasteiger partial charge in [0.05, 0.1) is 7.11 Å². The molecule has 0 atom stereocenters. The van der Waals surface area contributed by atoms with Crippen molar-refractivity contribution in [2.75, 3.05) is 26.0 Å². The number of benzene rings is 3. The van der Waals surface area contributed by atoms with Crippen LogP contribution in [0, 0.1) is 11.3 Å². The van der Waals surface area contributed by atoms with Crippen LogP contribution in [0.4, 0.5) is 0 Å². The molecule has 0 aliphatic carbocycles. The van der Waals surface area contributed by atoms with Gasteiger partial charge in [-0.1, -0.05) is 0 Å². The summed E-state index contributed by atoms with van der Waals surface area (Å²) in [6.07, 6.45) is 4.14. The zero-order valence-corrected chi connectivity index (χ0v) is 26.9. The predicted octanol–water partition coefficient (Wildman–Crippen LogP) is 7.45. The van der Waals surface area contributed by atoms with E-state index in [1.54, 1.807) is 7.11 Å². The number of nitrogens with zero attached hydrogens (tertiary/aromatic N) is 2. The Labute approximate surface area is 253 Å². The minimum atomic E-state index is -4.17. The summed E-state index contributed by atoms with van der Waals surface area (Å²) in [6.45, 7) is 8.79. The van der Waals surface area contributed by atoms with Crippen LogP contribution >= 0.6 is 7.21 Å². The molecule has 0 aliphatic rings. The average Bonchev–Trinajstić information content (AvgIpc) is 2.98. The third-order valence-electron chi connectivity index (χ3n) is 8.14. The molecule has 228 valence electrons. The molecule has 0 aliphatic heterocycles. The molecule has 0 aromatic heterocycles. The van der Waals surface area contributed by atoms with Gasteiger partial charge in [-0.05, 0) is 0 Å². The normalized spacial score (nSPS) is 13.2. The standard InChI is InChI=1S/C35H50N3O3P/c1-29(2)38(30(3)4)42(39,40,28-16-25-36)27-15-7-6-14-26-37-35(31-17-10-8-11-18-31,32-19-12-9-13-20-32)33-21-23-34(41-5)24-22-33/h8-13,17-24,29-30,37,39-40H,6-7,14-16,26-28H2,1-5H3. The summed E-state index contributed by atoms with van der Waals surface area (Å²) in [4.78, 5) is 23.5. The van der Waals surface area contributed by atoms with Gasteiger partial charge in [0.15, 0.2) is 0 Å². The molecule has 42 heavy (non-hydrogen) atoms. The molecule has 0 spiro atoms. The van der Waals surface area contributed by atoms with Crippen LogP contribution in [0.15, 0.2) is 84.9 Å². The van der Waals surface area contributed by atoms with Gasteiger partial charge in [0.1, 0.15) is 0 Å². The predicted molar refractivity (Wildman–Crippen MR) is 176 cm³/mol. The fourth-order valence-electron chi connectivity index (χ4n) is 6.50. The van der Waals surface area contributed by atoms with E-state index < -0.39 is 12.7 Å². The number of rotatable bonds is 17. The summed E-state index contributed by atoms with van der Waals surface area (Å²) >= 11 is 0. The summed E-state index contributed by atoms with van der Waals surface area (Å²) in [6, 6.07) is 31.5. The van der Waals surface area contributed by atoms with Crippen LogP contribution in [0.3, 0.4) is 0 Å². The Bertz CT molecular complexity index is 1210. The van der Waals surface area contributed by atoms with Gasteiger partial charge >= 0.3 is 242 Å². The number of nitriles is 1. The van der Waals surface area contributed by atoms with Crippen molar-refractivity contribution in [1.29, 1.82) is 5.26 Å². The molecule has 3 rings (SSSR count). The van der Waals surface area contributed by atoms with Crippen molar-refractivity contribution in [3.8, 4) is 11.8 Å². The Morgan fingerprint density at radius 2 is 1.26 bits per heavy atom. The molecule has 3 aromatic rings. The summed E-state index contributed by atoms with van der Waals surface area (Å²) in [5, 5.41) is 13.2. The second kappa shape index (κ2) is 15.1. The van der Waals surface area contributed by atoms with Gasteiger partial charge in [-0.2, -0.15) is 0 Å². The van der Waals surface area contributed by atoms with E-state index in [9.17, 15) is 15.0 Å². The Balaban J connectivity index is 1.75. The molecule has 0 radical (unpaired) electrons. The molecule has 0 unspecified atom stereocenters. The number of ether oxygens (including phenoxy) is 1. The maximum absolute atomic E-state index is 11.8. The molecule has 0 amide bonds. The van der Waals surface area contributed by atoms with Gasteiger partial charge in [-0.15, -0.1) is 0 Å². The monoisotopic (exact) mass is 591 g/mol. The molecule has 3 aromatic carbocycles. The van der Waals surface area contributed by atoms with Crippen molar-refractivity contribution in [3.05, 3.63) is 102 Å². The first-order valence-electron chi connectivity index (χ1n) is 15.2.